The second-order valence-corrected chi connectivity index (χ2v) is 10.4. The van der Waals surface area contributed by atoms with E-state index < -0.39 is 0 Å². The van der Waals surface area contributed by atoms with Crippen LogP contribution in [0.5, 0.6) is 0 Å². The molecule has 0 aliphatic rings. The lowest BCUT2D eigenvalue weighted by Gasteiger charge is -2.14. The van der Waals surface area contributed by atoms with E-state index in [0.29, 0.717) is 11.4 Å². The van der Waals surface area contributed by atoms with Crippen LogP contribution in [0.1, 0.15) is 0 Å². The molecule has 0 aliphatic heterocycles. The van der Waals surface area contributed by atoms with Crippen LogP contribution in [0, 0.1) is 13.1 Å². The Kier molecular flexibility index (Phi) is 5.22. The predicted molar refractivity (Wildman–Crippen MR) is 173 cm³/mol. The maximum atomic E-state index is 7.55. The van der Waals surface area contributed by atoms with Crippen molar-refractivity contribution < 1.29 is 0 Å². The van der Waals surface area contributed by atoms with Crippen LogP contribution in [0.2, 0.25) is 0 Å². The first-order valence-electron chi connectivity index (χ1n) is 13.8. The molecule has 0 N–H and O–H groups in total. The van der Waals surface area contributed by atoms with Gasteiger partial charge in [0.1, 0.15) is 0 Å². The van der Waals surface area contributed by atoms with E-state index in [1.54, 1.807) is 0 Å². The van der Waals surface area contributed by atoms with Crippen molar-refractivity contribution in [2.24, 2.45) is 0 Å². The molecule has 2 heterocycles. The van der Waals surface area contributed by atoms with Crippen LogP contribution in [0.3, 0.4) is 0 Å². The van der Waals surface area contributed by atoms with Crippen molar-refractivity contribution in [3.05, 3.63) is 156 Å². The molecule has 194 valence electrons. The summed E-state index contributed by atoms with van der Waals surface area (Å²) in [5, 5.41) is 4.54. The van der Waals surface area contributed by atoms with Gasteiger partial charge in [-0.2, -0.15) is 0 Å². The quantitative estimate of drug-likeness (QED) is 0.201. The summed E-state index contributed by atoms with van der Waals surface area (Å²) in [4.78, 5) is 7.35. The zero-order valence-corrected chi connectivity index (χ0v) is 22.5. The fourth-order valence-corrected chi connectivity index (χ4v) is 6.32. The van der Waals surface area contributed by atoms with Gasteiger partial charge in [-0.3, -0.25) is 0 Å². The summed E-state index contributed by atoms with van der Waals surface area (Å²) in [6.45, 7) is 15.1. The van der Waals surface area contributed by atoms with Crippen LogP contribution in [-0.2, 0) is 0 Å². The summed E-state index contributed by atoms with van der Waals surface area (Å²) < 4.78 is 4.56. The van der Waals surface area contributed by atoms with E-state index in [1.165, 1.54) is 5.39 Å². The molecule has 0 aliphatic carbocycles. The Morgan fingerprint density at radius 3 is 1.81 bits per heavy atom. The van der Waals surface area contributed by atoms with E-state index in [1.807, 2.05) is 30.3 Å². The minimum absolute atomic E-state index is 0.624. The molecule has 0 atom stereocenters. The zero-order valence-electron chi connectivity index (χ0n) is 22.5. The highest BCUT2D eigenvalue weighted by molar-refractivity contribution is 6.12. The van der Waals surface area contributed by atoms with Crippen LogP contribution < -0.4 is 0 Å². The van der Waals surface area contributed by atoms with Gasteiger partial charge in [0.15, 0.2) is 11.4 Å². The molecule has 0 amide bonds. The molecule has 0 fully saturated rings. The van der Waals surface area contributed by atoms with Crippen molar-refractivity contribution >= 4 is 55.0 Å². The predicted octanol–water partition coefficient (Wildman–Crippen LogP) is 10.6. The van der Waals surface area contributed by atoms with Crippen LogP contribution in [0.25, 0.3) is 75.8 Å². The van der Waals surface area contributed by atoms with Gasteiger partial charge in [0, 0.05) is 27.4 Å². The molecule has 0 unspecified atom stereocenters. The van der Waals surface area contributed by atoms with Gasteiger partial charge in [-0.25, -0.2) is 9.69 Å². The normalized spacial score (nSPS) is 11.3. The van der Waals surface area contributed by atoms with Crippen LogP contribution in [0.4, 0.5) is 11.4 Å². The molecule has 0 bridgehead atoms. The topological polar surface area (TPSA) is 18.6 Å². The Morgan fingerprint density at radius 2 is 1.02 bits per heavy atom. The molecule has 4 nitrogen and oxygen atoms in total. The Morgan fingerprint density at radius 1 is 0.429 bits per heavy atom. The molecular weight excluding hydrogens is 512 g/mol. The van der Waals surface area contributed by atoms with Crippen molar-refractivity contribution in [1.82, 2.24) is 9.13 Å². The molecule has 0 saturated carbocycles. The molecule has 6 aromatic carbocycles. The summed E-state index contributed by atoms with van der Waals surface area (Å²) in [5.41, 5.74) is 9.98. The fourth-order valence-electron chi connectivity index (χ4n) is 6.32. The van der Waals surface area contributed by atoms with Gasteiger partial charge < -0.3 is 9.13 Å². The average Bonchev–Trinajstić information content (AvgIpc) is 3.57. The molecule has 42 heavy (non-hydrogen) atoms. The van der Waals surface area contributed by atoms with Crippen molar-refractivity contribution in [2.45, 2.75) is 0 Å². The fraction of sp³-hybridized carbons (Fsp3) is 0. The van der Waals surface area contributed by atoms with Gasteiger partial charge in [-0.05, 0) is 65.5 Å². The Bertz CT molecular complexity index is 2440. The van der Waals surface area contributed by atoms with Crippen LogP contribution in [0.15, 0.2) is 133 Å². The van der Waals surface area contributed by atoms with Gasteiger partial charge in [0.25, 0.3) is 0 Å². The third kappa shape index (κ3) is 3.47. The zero-order chi connectivity index (χ0) is 28.2. The molecule has 4 heteroatoms. The molecule has 8 aromatic rings. The summed E-state index contributed by atoms with van der Waals surface area (Å²) in [6, 6.07) is 45.8. The van der Waals surface area contributed by atoms with E-state index in [2.05, 4.69) is 122 Å². The number of nitrogens with zero attached hydrogens (tertiary/aromatic N) is 4. The smallest absolute Gasteiger partial charge is 0.189 e. The number of hydrogen-bond acceptors (Lipinski definition) is 0. The summed E-state index contributed by atoms with van der Waals surface area (Å²) >= 11 is 0. The first-order chi connectivity index (χ1) is 20.7. The highest BCUT2D eigenvalue weighted by Gasteiger charge is 2.18. The van der Waals surface area contributed by atoms with Gasteiger partial charge in [0.05, 0.1) is 40.9 Å². The second kappa shape index (κ2) is 9.24. The van der Waals surface area contributed by atoms with E-state index in [0.717, 1.165) is 60.7 Å². The first-order valence-corrected chi connectivity index (χ1v) is 13.8. The van der Waals surface area contributed by atoms with E-state index in [-0.39, 0.29) is 0 Å². The van der Waals surface area contributed by atoms with E-state index >= 15 is 0 Å². The summed E-state index contributed by atoms with van der Waals surface area (Å²) in [6.07, 6.45) is 0. The largest absolute Gasteiger partial charge is 0.311 e. The molecule has 8 rings (SSSR count). The SMILES string of the molecule is [C-]#[N+]c1cccc(-n2c3ccccc3c3cc(-c4ccccc4-n4c5ccccc5c5cc([N+]#[C-])ccc54)ccc32)c1. The number of rotatable bonds is 3. The number of fused-ring (bicyclic) bond motifs is 6. The Labute approximate surface area is 242 Å². The van der Waals surface area contributed by atoms with Crippen molar-refractivity contribution in [1.29, 1.82) is 0 Å². The average molecular weight is 535 g/mol. The van der Waals surface area contributed by atoms with Crippen molar-refractivity contribution in [3.8, 4) is 22.5 Å². The molecule has 0 radical (unpaired) electrons. The minimum atomic E-state index is 0.624. The molecule has 2 aromatic heterocycles. The third-order valence-electron chi connectivity index (χ3n) is 8.13. The van der Waals surface area contributed by atoms with Crippen LogP contribution >= 0.6 is 0 Å². The number of benzene rings is 6. The lowest BCUT2D eigenvalue weighted by molar-refractivity contribution is 1.18. The van der Waals surface area contributed by atoms with Crippen molar-refractivity contribution in [2.75, 3.05) is 0 Å². The molecule has 0 saturated heterocycles. The standard InChI is InChI=1S/C38H22N4/c1-39-26-10-9-11-28(23-26)41-35-16-7-4-13-30(35)32-22-25(18-20-37(32)41)29-12-3-6-15-34(29)42-36-17-8-5-14-31(36)33-24-27(40-2)19-21-38(33)42/h3-24H. The number of aromatic nitrogens is 2. The van der Waals surface area contributed by atoms with E-state index in [4.69, 9.17) is 13.1 Å². The second-order valence-electron chi connectivity index (χ2n) is 10.4. The minimum Gasteiger partial charge on any atom is -0.311 e. The monoisotopic (exact) mass is 534 g/mol. The van der Waals surface area contributed by atoms with Crippen molar-refractivity contribution in [3.63, 3.8) is 0 Å². The van der Waals surface area contributed by atoms with Gasteiger partial charge in [-0.1, -0.05) is 78.9 Å². The molecule has 0 spiro atoms. The third-order valence-corrected chi connectivity index (χ3v) is 8.13. The lowest BCUT2D eigenvalue weighted by atomic mass is 10.0. The Hall–Kier alpha value is -6.10. The van der Waals surface area contributed by atoms with Crippen LogP contribution in [-0.4, -0.2) is 9.13 Å². The van der Waals surface area contributed by atoms with Gasteiger partial charge in [0.2, 0.25) is 0 Å². The first kappa shape index (κ1) is 23.8. The van der Waals surface area contributed by atoms with Gasteiger partial charge in [-0.15, -0.1) is 0 Å². The number of para-hydroxylation sites is 3. The summed E-state index contributed by atoms with van der Waals surface area (Å²) in [5.74, 6) is 0. The lowest BCUT2D eigenvalue weighted by Crippen LogP contribution is -1.97. The Balaban J connectivity index is 1.39. The van der Waals surface area contributed by atoms with E-state index in [9.17, 15) is 0 Å². The number of hydrogen-bond donors (Lipinski definition) is 0. The molecular formula is C38H22N4. The maximum Gasteiger partial charge on any atom is 0.189 e. The highest BCUT2D eigenvalue weighted by Crippen LogP contribution is 2.40. The highest BCUT2D eigenvalue weighted by atomic mass is 15.0. The van der Waals surface area contributed by atoms with Gasteiger partial charge >= 0.3 is 0 Å². The maximum absolute atomic E-state index is 7.55. The summed E-state index contributed by atoms with van der Waals surface area (Å²) in [7, 11) is 0.